The summed E-state index contributed by atoms with van der Waals surface area (Å²) in [6.45, 7) is 1.92. The third-order valence-corrected chi connectivity index (χ3v) is 7.12. The van der Waals surface area contributed by atoms with Crippen molar-refractivity contribution in [2.45, 2.75) is 36.7 Å². The lowest BCUT2D eigenvalue weighted by Gasteiger charge is -2.27. The monoisotopic (exact) mass is 381 g/mol. The van der Waals surface area contributed by atoms with E-state index in [4.69, 9.17) is 4.74 Å². The molecule has 1 atom stereocenters. The molecule has 25 heavy (non-hydrogen) atoms. The highest BCUT2D eigenvalue weighted by atomic mass is 32.2. The molecule has 2 aromatic rings. The third-order valence-electron chi connectivity index (χ3n) is 4.66. The molecule has 1 fully saturated rings. The fraction of sp³-hybridized carbons (Fsp3) is 0.444. The number of rotatable bonds is 8. The van der Waals surface area contributed by atoms with Crippen LogP contribution in [0.5, 0.6) is 5.75 Å². The van der Waals surface area contributed by atoms with Crippen LogP contribution in [0, 0.1) is 5.92 Å². The number of nitrogens with one attached hydrogen (secondary N) is 1. The van der Waals surface area contributed by atoms with Gasteiger partial charge in [-0.25, -0.2) is 13.1 Å². The van der Waals surface area contributed by atoms with Gasteiger partial charge in [0.1, 0.15) is 16.2 Å². The molecule has 1 aromatic heterocycles. The quantitative estimate of drug-likeness (QED) is 0.737. The average molecular weight is 382 g/mol. The maximum absolute atomic E-state index is 12.8. The molecule has 5 nitrogen and oxygen atoms in total. The molecule has 1 aliphatic carbocycles. The molecule has 0 radical (unpaired) electrons. The van der Waals surface area contributed by atoms with E-state index < -0.39 is 15.6 Å². The van der Waals surface area contributed by atoms with Gasteiger partial charge in [-0.05, 0) is 54.3 Å². The Morgan fingerprint density at radius 1 is 1.36 bits per heavy atom. The highest BCUT2D eigenvalue weighted by Crippen LogP contribution is 2.47. The number of hydrogen-bond acceptors (Lipinski definition) is 5. The van der Waals surface area contributed by atoms with Crippen molar-refractivity contribution >= 4 is 21.4 Å². The molecule has 0 spiro atoms. The summed E-state index contributed by atoms with van der Waals surface area (Å²) < 4.78 is 33.5. The van der Waals surface area contributed by atoms with Crippen LogP contribution in [0.1, 0.15) is 30.2 Å². The number of ether oxygens (including phenoxy) is 1. The van der Waals surface area contributed by atoms with Gasteiger partial charge >= 0.3 is 0 Å². The second-order valence-corrected chi connectivity index (χ2v) is 9.02. The Morgan fingerprint density at radius 3 is 2.68 bits per heavy atom. The number of aliphatic hydroxyl groups is 1. The first kappa shape index (κ1) is 18.4. The first-order chi connectivity index (χ1) is 11.9. The molecule has 7 heteroatoms. The molecule has 1 heterocycles. The summed E-state index contributed by atoms with van der Waals surface area (Å²) in [5, 5.41) is 13.0. The van der Waals surface area contributed by atoms with Crippen molar-refractivity contribution in [1.29, 1.82) is 0 Å². The molecular formula is C18H23NO4S2. The molecule has 3 rings (SSSR count). The number of hydrogen-bond donors (Lipinski definition) is 2. The van der Waals surface area contributed by atoms with E-state index in [1.807, 2.05) is 30.5 Å². The predicted octanol–water partition coefficient (Wildman–Crippen LogP) is 2.90. The van der Waals surface area contributed by atoms with Crippen LogP contribution < -0.4 is 9.46 Å². The number of aryl methyl sites for hydroxylation is 1. The zero-order chi connectivity index (χ0) is 18.1. The summed E-state index contributed by atoms with van der Waals surface area (Å²) in [4.78, 5) is 0.908. The third kappa shape index (κ3) is 3.74. The minimum Gasteiger partial charge on any atom is -0.495 e. The molecule has 0 saturated heterocycles. The van der Waals surface area contributed by atoms with Crippen molar-refractivity contribution < 1.29 is 18.3 Å². The topological polar surface area (TPSA) is 75.6 Å². The van der Waals surface area contributed by atoms with Crippen molar-refractivity contribution in [2.24, 2.45) is 5.92 Å². The van der Waals surface area contributed by atoms with Crippen LogP contribution in [0.25, 0.3) is 0 Å². The number of sulfonamides is 1. The lowest BCUT2D eigenvalue weighted by molar-refractivity contribution is 0.0222. The number of thiophene rings is 1. The fourth-order valence-electron chi connectivity index (χ4n) is 2.95. The summed E-state index contributed by atoms with van der Waals surface area (Å²) in [7, 11) is -2.35. The highest BCUT2D eigenvalue weighted by molar-refractivity contribution is 7.89. The van der Waals surface area contributed by atoms with Crippen molar-refractivity contribution in [3.05, 3.63) is 46.2 Å². The highest BCUT2D eigenvalue weighted by Gasteiger charge is 2.46. The molecule has 1 saturated carbocycles. The van der Waals surface area contributed by atoms with E-state index in [0.29, 0.717) is 5.75 Å². The van der Waals surface area contributed by atoms with Gasteiger partial charge in [0.05, 0.1) is 7.11 Å². The van der Waals surface area contributed by atoms with E-state index in [0.717, 1.165) is 29.7 Å². The van der Waals surface area contributed by atoms with Gasteiger partial charge in [-0.15, -0.1) is 11.3 Å². The maximum atomic E-state index is 12.8. The normalized spacial score (nSPS) is 17.2. The van der Waals surface area contributed by atoms with Crippen LogP contribution in [0.3, 0.4) is 0 Å². The van der Waals surface area contributed by atoms with Crippen molar-refractivity contribution in [1.82, 2.24) is 4.72 Å². The van der Waals surface area contributed by atoms with Crippen LogP contribution in [-0.2, 0) is 22.0 Å². The van der Waals surface area contributed by atoms with Gasteiger partial charge in [-0.2, -0.15) is 0 Å². The summed E-state index contributed by atoms with van der Waals surface area (Å²) in [5.41, 5.74) is -0.242. The minimum absolute atomic E-state index is 0.0416. The Balaban J connectivity index is 1.87. The van der Waals surface area contributed by atoms with Crippen molar-refractivity contribution in [3.8, 4) is 5.75 Å². The van der Waals surface area contributed by atoms with E-state index in [2.05, 4.69) is 4.72 Å². The Morgan fingerprint density at radius 2 is 2.12 bits per heavy atom. The van der Waals surface area contributed by atoms with Crippen LogP contribution in [0.4, 0.5) is 0 Å². The summed E-state index contributed by atoms with van der Waals surface area (Å²) >= 11 is 1.45. The molecule has 0 aliphatic heterocycles. The van der Waals surface area contributed by atoms with E-state index in [1.54, 1.807) is 12.1 Å². The Kier molecular flexibility index (Phi) is 5.20. The van der Waals surface area contributed by atoms with Gasteiger partial charge < -0.3 is 9.84 Å². The van der Waals surface area contributed by atoms with E-state index >= 15 is 0 Å². The van der Waals surface area contributed by atoms with Crippen molar-refractivity contribution in [3.63, 3.8) is 0 Å². The predicted molar refractivity (Wildman–Crippen MR) is 98.5 cm³/mol. The van der Waals surface area contributed by atoms with Crippen molar-refractivity contribution in [2.75, 3.05) is 13.7 Å². The minimum atomic E-state index is -3.80. The largest absolute Gasteiger partial charge is 0.495 e. The van der Waals surface area contributed by atoms with Gasteiger partial charge in [-0.1, -0.05) is 19.1 Å². The lowest BCUT2D eigenvalue weighted by Crippen LogP contribution is -2.42. The van der Waals surface area contributed by atoms with E-state index in [-0.39, 0.29) is 17.4 Å². The molecule has 1 aromatic carbocycles. The first-order valence-corrected chi connectivity index (χ1v) is 10.7. The zero-order valence-corrected chi connectivity index (χ0v) is 16.0. The van der Waals surface area contributed by atoms with E-state index in [1.165, 1.54) is 18.4 Å². The SMILES string of the molecule is CCc1ccc(OC)c(S(=O)(=O)NCC(O)(c2cccs2)C2CC2)c1. The summed E-state index contributed by atoms with van der Waals surface area (Å²) in [5.74, 6) is 0.397. The smallest absolute Gasteiger partial charge is 0.244 e. The molecule has 2 N–H and O–H groups in total. The average Bonchev–Trinajstić information content (AvgIpc) is 3.34. The van der Waals surface area contributed by atoms with Gasteiger partial charge in [0.25, 0.3) is 0 Å². The molecule has 1 unspecified atom stereocenters. The van der Waals surface area contributed by atoms with Crippen LogP contribution in [-0.4, -0.2) is 27.2 Å². The van der Waals surface area contributed by atoms with E-state index in [9.17, 15) is 13.5 Å². The molecule has 136 valence electrons. The van der Waals surface area contributed by atoms with Gasteiger partial charge in [0.15, 0.2) is 0 Å². The maximum Gasteiger partial charge on any atom is 0.244 e. The van der Waals surface area contributed by atoms with Crippen LogP contribution in [0.15, 0.2) is 40.6 Å². The van der Waals surface area contributed by atoms with Gasteiger partial charge in [0, 0.05) is 11.4 Å². The first-order valence-electron chi connectivity index (χ1n) is 8.33. The second-order valence-electron chi connectivity index (χ2n) is 6.34. The van der Waals surface area contributed by atoms with Crippen LogP contribution >= 0.6 is 11.3 Å². The van der Waals surface area contributed by atoms with Gasteiger partial charge in [-0.3, -0.25) is 0 Å². The number of methoxy groups -OCH3 is 1. The Labute approximate surface area is 152 Å². The van der Waals surface area contributed by atoms with Crippen LogP contribution in [0.2, 0.25) is 0 Å². The van der Waals surface area contributed by atoms with Gasteiger partial charge in [0.2, 0.25) is 10.0 Å². The zero-order valence-electron chi connectivity index (χ0n) is 14.4. The molecule has 0 amide bonds. The standard InChI is InChI=1S/C18H23NO4S2/c1-3-13-6-9-15(23-2)16(11-13)25(21,22)19-12-18(20,14-7-8-14)17-5-4-10-24-17/h4-6,9-11,14,19-20H,3,7-8,12H2,1-2H3. The molecule has 1 aliphatic rings. The Bertz CT molecular complexity index is 829. The summed E-state index contributed by atoms with van der Waals surface area (Å²) in [6, 6.07) is 8.87. The number of benzene rings is 1. The molecular weight excluding hydrogens is 358 g/mol. The molecule has 0 bridgehead atoms. The lowest BCUT2D eigenvalue weighted by atomic mass is 9.96. The summed E-state index contributed by atoms with van der Waals surface area (Å²) in [6.07, 6.45) is 2.54. The Hall–Kier alpha value is -1.41. The fourth-order valence-corrected chi connectivity index (χ4v) is 5.14. The second kappa shape index (κ2) is 7.07.